The second kappa shape index (κ2) is 4.41. The fourth-order valence-corrected chi connectivity index (χ4v) is 2.72. The van der Waals surface area contributed by atoms with Crippen molar-refractivity contribution in [2.75, 3.05) is 11.9 Å². The summed E-state index contributed by atoms with van der Waals surface area (Å²) < 4.78 is 0. The van der Waals surface area contributed by atoms with Crippen LogP contribution in [0.5, 0.6) is 0 Å². The fraction of sp³-hybridized carbons (Fsp3) is 0.333. The predicted octanol–water partition coefficient (Wildman–Crippen LogP) is 3.19. The molecular formula is C15H16N2O. The molecule has 0 unspecified atom stereocenters. The number of Topliss-reactive ketones (excluding diaryl/α,β-unsaturated/α-hetero) is 1. The summed E-state index contributed by atoms with van der Waals surface area (Å²) in [5.74, 6) is 0.258. The predicted molar refractivity (Wildman–Crippen MR) is 73.2 cm³/mol. The molecule has 0 atom stereocenters. The molecule has 2 aromatic rings. The third-order valence-electron chi connectivity index (χ3n) is 3.49. The van der Waals surface area contributed by atoms with Crippen LogP contribution in [0.3, 0.4) is 0 Å². The quantitative estimate of drug-likeness (QED) is 0.876. The second-order valence-electron chi connectivity index (χ2n) is 4.66. The first-order valence-corrected chi connectivity index (χ1v) is 6.49. The number of benzene rings is 1. The minimum atomic E-state index is 0.258. The Hall–Kier alpha value is -1.90. The molecule has 18 heavy (non-hydrogen) atoms. The highest BCUT2D eigenvalue weighted by Crippen LogP contribution is 2.32. The minimum Gasteiger partial charge on any atom is -0.385 e. The van der Waals surface area contributed by atoms with Crippen molar-refractivity contribution >= 4 is 22.4 Å². The molecule has 0 amide bonds. The van der Waals surface area contributed by atoms with Crippen LogP contribution in [0.25, 0.3) is 10.9 Å². The van der Waals surface area contributed by atoms with Crippen molar-refractivity contribution in [3.63, 3.8) is 0 Å². The largest absolute Gasteiger partial charge is 0.385 e. The normalized spacial score (nSPS) is 14.6. The van der Waals surface area contributed by atoms with Crippen LogP contribution in [-0.2, 0) is 6.42 Å². The van der Waals surface area contributed by atoms with Gasteiger partial charge < -0.3 is 5.32 Å². The number of aromatic nitrogens is 1. The Morgan fingerprint density at radius 3 is 3.00 bits per heavy atom. The van der Waals surface area contributed by atoms with Crippen LogP contribution in [0.15, 0.2) is 24.4 Å². The Bertz CT molecular complexity index is 619. The summed E-state index contributed by atoms with van der Waals surface area (Å²) in [7, 11) is 0. The Labute approximate surface area is 106 Å². The van der Waals surface area contributed by atoms with Crippen LogP contribution in [0.2, 0.25) is 0 Å². The first kappa shape index (κ1) is 11.2. The lowest BCUT2D eigenvalue weighted by Crippen LogP contribution is -2.12. The first-order chi connectivity index (χ1) is 8.81. The SMILES string of the molecule is CCNc1ccnc2ccc3c(c12)C(=O)CCC3. The van der Waals surface area contributed by atoms with Crippen LogP contribution >= 0.6 is 0 Å². The van der Waals surface area contributed by atoms with Crippen molar-refractivity contribution < 1.29 is 4.79 Å². The molecule has 3 heteroatoms. The average Bonchev–Trinajstić information content (AvgIpc) is 2.39. The first-order valence-electron chi connectivity index (χ1n) is 6.49. The summed E-state index contributed by atoms with van der Waals surface area (Å²) in [6.45, 7) is 2.90. The van der Waals surface area contributed by atoms with Gasteiger partial charge in [-0.1, -0.05) is 6.07 Å². The molecule has 0 saturated heterocycles. The Morgan fingerprint density at radius 1 is 1.28 bits per heavy atom. The van der Waals surface area contributed by atoms with Gasteiger partial charge in [0.1, 0.15) is 0 Å². The Morgan fingerprint density at radius 2 is 2.17 bits per heavy atom. The maximum absolute atomic E-state index is 12.2. The van der Waals surface area contributed by atoms with E-state index in [0.29, 0.717) is 6.42 Å². The molecule has 0 bridgehead atoms. The van der Waals surface area contributed by atoms with Gasteiger partial charge in [0.05, 0.1) is 5.52 Å². The number of hydrogen-bond acceptors (Lipinski definition) is 3. The van der Waals surface area contributed by atoms with Crippen LogP contribution in [0, 0.1) is 0 Å². The summed E-state index contributed by atoms with van der Waals surface area (Å²) in [6.07, 6.45) is 4.41. The van der Waals surface area contributed by atoms with Gasteiger partial charge in [-0.2, -0.15) is 0 Å². The Kier molecular flexibility index (Phi) is 2.74. The number of carbonyl (C=O) groups excluding carboxylic acids is 1. The lowest BCUT2D eigenvalue weighted by atomic mass is 9.87. The highest BCUT2D eigenvalue weighted by molar-refractivity contribution is 6.13. The molecule has 1 heterocycles. The topological polar surface area (TPSA) is 42.0 Å². The standard InChI is InChI=1S/C15H16N2O/c1-2-16-12-8-9-17-11-7-6-10-4-3-5-13(18)14(10)15(11)12/h6-9H,2-5H2,1H3,(H,16,17). The monoisotopic (exact) mass is 240 g/mol. The molecule has 1 aliphatic rings. The van der Waals surface area contributed by atoms with Crippen LogP contribution in [-0.4, -0.2) is 17.3 Å². The van der Waals surface area contributed by atoms with E-state index in [9.17, 15) is 4.79 Å². The van der Waals surface area contributed by atoms with E-state index in [4.69, 9.17) is 0 Å². The Balaban J connectivity index is 2.34. The van der Waals surface area contributed by atoms with Gasteiger partial charge in [0, 0.05) is 35.8 Å². The number of nitrogens with zero attached hydrogens (tertiary/aromatic N) is 1. The van der Waals surface area contributed by atoms with E-state index >= 15 is 0 Å². The molecule has 0 saturated carbocycles. The summed E-state index contributed by atoms with van der Waals surface area (Å²) in [5.41, 5.74) is 3.99. The fourth-order valence-electron chi connectivity index (χ4n) is 2.72. The van der Waals surface area contributed by atoms with Gasteiger partial charge in [-0.05, 0) is 37.5 Å². The van der Waals surface area contributed by atoms with Gasteiger partial charge in [0.2, 0.25) is 0 Å². The van der Waals surface area contributed by atoms with Crippen molar-refractivity contribution in [1.82, 2.24) is 4.98 Å². The van der Waals surface area contributed by atoms with E-state index in [0.717, 1.165) is 41.5 Å². The highest BCUT2D eigenvalue weighted by Gasteiger charge is 2.21. The van der Waals surface area contributed by atoms with E-state index in [1.807, 2.05) is 12.1 Å². The van der Waals surface area contributed by atoms with Gasteiger partial charge in [-0.15, -0.1) is 0 Å². The summed E-state index contributed by atoms with van der Waals surface area (Å²) in [4.78, 5) is 16.6. The van der Waals surface area contributed by atoms with Gasteiger partial charge in [-0.25, -0.2) is 0 Å². The van der Waals surface area contributed by atoms with E-state index in [1.165, 1.54) is 5.56 Å². The number of carbonyl (C=O) groups is 1. The minimum absolute atomic E-state index is 0.258. The molecule has 0 aliphatic heterocycles. The third kappa shape index (κ3) is 1.67. The molecule has 0 fully saturated rings. The van der Waals surface area contributed by atoms with Crippen LogP contribution in [0.4, 0.5) is 5.69 Å². The lowest BCUT2D eigenvalue weighted by molar-refractivity contribution is 0.0974. The zero-order chi connectivity index (χ0) is 12.5. The van der Waals surface area contributed by atoms with Crippen molar-refractivity contribution in [1.29, 1.82) is 0 Å². The van der Waals surface area contributed by atoms with Crippen molar-refractivity contribution in [2.24, 2.45) is 0 Å². The highest BCUT2D eigenvalue weighted by atomic mass is 16.1. The second-order valence-corrected chi connectivity index (χ2v) is 4.66. The molecule has 3 rings (SSSR count). The van der Waals surface area contributed by atoms with Crippen molar-refractivity contribution in [3.8, 4) is 0 Å². The number of aryl methyl sites for hydroxylation is 1. The molecule has 92 valence electrons. The van der Waals surface area contributed by atoms with Crippen molar-refractivity contribution in [3.05, 3.63) is 35.5 Å². The molecule has 1 N–H and O–H groups in total. The van der Waals surface area contributed by atoms with E-state index in [2.05, 4.69) is 23.3 Å². The molecule has 1 aliphatic carbocycles. The molecule has 0 spiro atoms. The molecule has 0 radical (unpaired) electrons. The number of hydrogen-bond donors (Lipinski definition) is 1. The summed E-state index contributed by atoms with van der Waals surface area (Å²) in [5, 5.41) is 4.33. The van der Waals surface area contributed by atoms with E-state index in [-0.39, 0.29) is 5.78 Å². The number of anilines is 1. The van der Waals surface area contributed by atoms with E-state index in [1.54, 1.807) is 6.20 Å². The summed E-state index contributed by atoms with van der Waals surface area (Å²) in [6, 6.07) is 6.03. The molecule has 1 aromatic carbocycles. The zero-order valence-corrected chi connectivity index (χ0v) is 10.5. The number of pyridine rings is 1. The lowest BCUT2D eigenvalue weighted by Gasteiger charge is -2.18. The molecule has 1 aromatic heterocycles. The number of rotatable bonds is 2. The van der Waals surface area contributed by atoms with Gasteiger partial charge in [-0.3, -0.25) is 9.78 Å². The molecule has 3 nitrogen and oxygen atoms in total. The van der Waals surface area contributed by atoms with Gasteiger partial charge >= 0.3 is 0 Å². The number of fused-ring (bicyclic) bond motifs is 3. The number of nitrogens with one attached hydrogen (secondary N) is 1. The number of ketones is 1. The van der Waals surface area contributed by atoms with Gasteiger partial charge in [0.25, 0.3) is 0 Å². The smallest absolute Gasteiger partial charge is 0.163 e. The van der Waals surface area contributed by atoms with E-state index < -0.39 is 0 Å². The van der Waals surface area contributed by atoms with Crippen molar-refractivity contribution in [2.45, 2.75) is 26.2 Å². The average molecular weight is 240 g/mol. The zero-order valence-electron chi connectivity index (χ0n) is 10.5. The van der Waals surface area contributed by atoms with Crippen LogP contribution in [0.1, 0.15) is 35.7 Å². The van der Waals surface area contributed by atoms with Gasteiger partial charge in [0.15, 0.2) is 5.78 Å². The van der Waals surface area contributed by atoms with Crippen LogP contribution < -0.4 is 5.32 Å². The maximum Gasteiger partial charge on any atom is 0.163 e. The third-order valence-corrected chi connectivity index (χ3v) is 3.49. The molecular weight excluding hydrogens is 224 g/mol. The maximum atomic E-state index is 12.2. The summed E-state index contributed by atoms with van der Waals surface area (Å²) >= 11 is 0.